The van der Waals surface area contributed by atoms with E-state index in [4.69, 9.17) is 9.47 Å². The second kappa shape index (κ2) is 8.95. The van der Waals surface area contributed by atoms with Gasteiger partial charge in [-0.05, 0) is 43.4 Å². The Labute approximate surface area is 159 Å². The molecule has 1 saturated heterocycles. The molecule has 1 saturated carbocycles. The molecule has 3 rings (SSSR count). The van der Waals surface area contributed by atoms with E-state index < -0.39 is 16.1 Å². The molecule has 0 N–H and O–H groups in total. The van der Waals surface area contributed by atoms with Crippen LogP contribution in [-0.2, 0) is 35.5 Å². The molecule has 0 aromatic heterocycles. The first-order chi connectivity index (χ1) is 13.0. The maximum atomic E-state index is 12.6. The number of ketones is 1. The van der Waals surface area contributed by atoms with Gasteiger partial charge in [-0.3, -0.25) is 9.59 Å². The number of Topliss-reactive ketones (excluding diaryl/α,β-unsaturated/α-hetero) is 1. The van der Waals surface area contributed by atoms with Crippen molar-refractivity contribution in [2.45, 2.75) is 49.5 Å². The van der Waals surface area contributed by atoms with Gasteiger partial charge in [0.25, 0.3) is 0 Å². The van der Waals surface area contributed by atoms with E-state index in [9.17, 15) is 18.0 Å². The van der Waals surface area contributed by atoms with Crippen LogP contribution in [0.25, 0.3) is 0 Å². The molecule has 0 radical (unpaired) electrons. The molecule has 2 aliphatic rings. The third-order valence-corrected chi connectivity index (χ3v) is 6.83. The van der Waals surface area contributed by atoms with E-state index in [1.165, 1.54) is 4.31 Å². The number of carbonyl (C=O) groups excluding carboxylic acids is 2. The number of morpholine rings is 1. The molecule has 0 spiro atoms. The van der Waals surface area contributed by atoms with Crippen molar-refractivity contribution in [1.29, 1.82) is 0 Å². The van der Waals surface area contributed by atoms with E-state index in [1.807, 2.05) is 0 Å². The van der Waals surface area contributed by atoms with Gasteiger partial charge in [-0.25, -0.2) is 8.42 Å². The lowest BCUT2D eigenvalue weighted by Gasteiger charge is -2.26. The molecule has 1 atom stereocenters. The van der Waals surface area contributed by atoms with Gasteiger partial charge in [-0.1, -0.05) is 12.1 Å². The van der Waals surface area contributed by atoms with Crippen LogP contribution in [0.4, 0.5) is 0 Å². The van der Waals surface area contributed by atoms with Crippen LogP contribution < -0.4 is 0 Å². The number of hydrogen-bond acceptors (Lipinski definition) is 6. The zero-order valence-corrected chi connectivity index (χ0v) is 16.1. The Bertz CT molecular complexity index is 768. The molecule has 0 bridgehead atoms. The highest BCUT2D eigenvalue weighted by Crippen LogP contribution is 2.20. The normalized spacial score (nSPS) is 21.8. The Morgan fingerprint density at radius 3 is 2.52 bits per heavy atom. The van der Waals surface area contributed by atoms with Crippen molar-refractivity contribution in [3.05, 3.63) is 29.8 Å². The Morgan fingerprint density at radius 2 is 1.85 bits per heavy atom. The third-order valence-electron chi connectivity index (χ3n) is 4.92. The van der Waals surface area contributed by atoms with Gasteiger partial charge < -0.3 is 9.47 Å². The maximum absolute atomic E-state index is 12.6. The zero-order valence-electron chi connectivity index (χ0n) is 15.3. The van der Waals surface area contributed by atoms with Crippen molar-refractivity contribution in [1.82, 2.24) is 4.31 Å². The number of nitrogens with zero attached hydrogens (tertiary/aromatic N) is 1. The van der Waals surface area contributed by atoms with Gasteiger partial charge in [0.15, 0.2) is 11.9 Å². The van der Waals surface area contributed by atoms with Gasteiger partial charge in [0.2, 0.25) is 10.0 Å². The summed E-state index contributed by atoms with van der Waals surface area (Å²) in [5.74, 6) is -0.382. The smallest absolute Gasteiger partial charge is 0.306 e. The van der Waals surface area contributed by atoms with E-state index >= 15 is 0 Å². The number of ether oxygens (including phenoxy) is 2. The Hall–Kier alpha value is -1.77. The molecule has 2 fully saturated rings. The second-order valence-electron chi connectivity index (χ2n) is 6.85. The quantitative estimate of drug-likeness (QED) is 0.681. The van der Waals surface area contributed by atoms with Crippen LogP contribution in [0.15, 0.2) is 29.2 Å². The van der Waals surface area contributed by atoms with Crippen molar-refractivity contribution in [3.8, 4) is 0 Å². The largest absolute Gasteiger partial charge is 0.454 e. The van der Waals surface area contributed by atoms with Crippen molar-refractivity contribution in [2.24, 2.45) is 0 Å². The van der Waals surface area contributed by atoms with Crippen molar-refractivity contribution >= 4 is 21.8 Å². The summed E-state index contributed by atoms with van der Waals surface area (Å²) >= 11 is 0. The lowest BCUT2D eigenvalue weighted by Crippen LogP contribution is -2.40. The average Bonchev–Trinajstić information content (AvgIpc) is 2.69. The van der Waals surface area contributed by atoms with Crippen LogP contribution >= 0.6 is 0 Å². The fourth-order valence-corrected chi connectivity index (χ4v) is 4.71. The second-order valence-corrected chi connectivity index (χ2v) is 8.79. The summed E-state index contributed by atoms with van der Waals surface area (Å²) < 4.78 is 37.1. The molecule has 1 aliphatic carbocycles. The molecule has 1 heterocycles. The lowest BCUT2D eigenvalue weighted by molar-refractivity contribution is -0.156. The van der Waals surface area contributed by atoms with Gasteiger partial charge in [0.1, 0.15) is 0 Å². The first-order valence-electron chi connectivity index (χ1n) is 9.36. The number of sulfonamides is 1. The average molecular weight is 395 g/mol. The summed E-state index contributed by atoms with van der Waals surface area (Å²) in [4.78, 5) is 23.9. The number of carbonyl (C=O) groups is 2. The Balaban J connectivity index is 1.53. The molecule has 0 unspecified atom stereocenters. The molecular formula is C19H25NO6S. The van der Waals surface area contributed by atoms with Gasteiger partial charge in [-0.2, -0.15) is 4.31 Å². The van der Waals surface area contributed by atoms with Gasteiger partial charge in [0.05, 0.1) is 18.1 Å². The Kier molecular flexibility index (Phi) is 6.62. The number of hydrogen-bond donors (Lipinski definition) is 0. The minimum Gasteiger partial charge on any atom is -0.454 e. The summed E-state index contributed by atoms with van der Waals surface area (Å²) in [6.45, 7) is 1.53. The van der Waals surface area contributed by atoms with E-state index in [1.54, 1.807) is 24.3 Å². The first-order valence-corrected chi connectivity index (χ1v) is 10.8. The monoisotopic (exact) mass is 395 g/mol. The fraction of sp³-hybridized carbons (Fsp3) is 0.579. The summed E-state index contributed by atoms with van der Waals surface area (Å²) in [5, 5.41) is 0. The number of benzene rings is 1. The predicted molar refractivity (Wildman–Crippen MR) is 97.7 cm³/mol. The van der Waals surface area contributed by atoms with E-state index in [0.29, 0.717) is 45.6 Å². The van der Waals surface area contributed by atoms with Crippen LogP contribution in [0.2, 0.25) is 0 Å². The summed E-state index contributed by atoms with van der Waals surface area (Å²) in [5.41, 5.74) is 0.850. The highest BCUT2D eigenvalue weighted by atomic mass is 32.2. The molecule has 1 aliphatic heterocycles. The number of aryl methyl sites for hydroxylation is 1. The first kappa shape index (κ1) is 20.0. The summed E-state index contributed by atoms with van der Waals surface area (Å²) in [7, 11) is -3.51. The number of esters is 1. The number of rotatable bonds is 6. The van der Waals surface area contributed by atoms with E-state index in [-0.39, 0.29) is 23.1 Å². The zero-order chi connectivity index (χ0) is 19.3. The highest BCUT2D eigenvalue weighted by Gasteiger charge is 2.27. The molecule has 1 aromatic carbocycles. The highest BCUT2D eigenvalue weighted by molar-refractivity contribution is 7.89. The van der Waals surface area contributed by atoms with Crippen LogP contribution in [0.5, 0.6) is 0 Å². The van der Waals surface area contributed by atoms with Crippen LogP contribution in [0, 0.1) is 0 Å². The van der Waals surface area contributed by atoms with Gasteiger partial charge in [0, 0.05) is 25.9 Å². The lowest BCUT2D eigenvalue weighted by atomic mass is 9.96. The van der Waals surface area contributed by atoms with Crippen LogP contribution in [0.3, 0.4) is 0 Å². The van der Waals surface area contributed by atoms with Crippen molar-refractivity contribution < 1.29 is 27.5 Å². The fourth-order valence-electron chi connectivity index (χ4n) is 3.30. The molecule has 1 aromatic rings. The molecular weight excluding hydrogens is 370 g/mol. The van der Waals surface area contributed by atoms with Gasteiger partial charge >= 0.3 is 5.97 Å². The van der Waals surface area contributed by atoms with Crippen LogP contribution in [0.1, 0.15) is 37.7 Å². The van der Waals surface area contributed by atoms with E-state index in [2.05, 4.69) is 0 Å². The molecule has 148 valence electrons. The summed E-state index contributed by atoms with van der Waals surface area (Å²) in [6, 6.07) is 6.56. The maximum Gasteiger partial charge on any atom is 0.306 e. The third kappa shape index (κ3) is 5.15. The van der Waals surface area contributed by atoms with Crippen molar-refractivity contribution in [2.75, 3.05) is 26.3 Å². The minimum absolute atomic E-state index is 0.00673. The van der Waals surface area contributed by atoms with E-state index in [0.717, 1.165) is 18.4 Å². The Morgan fingerprint density at radius 1 is 1.15 bits per heavy atom. The van der Waals surface area contributed by atoms with Gasteiger partial charge in [-0.15, -0.1) is 0 Å². The topological polar surface area (TPSA) is 90.0 Å². The van der Waals surface area contributed by atoms with Crippen LogP contribution in [-0.4, -0.2) is 56.9 Å². The molecule has 7 nitrogen and oxygen atoms in total. The predicted octanol–water partition coefficient (Wildman–Crippen LogP) is 1.69. The molecule has 27 heavy (non-hydrogen) atoms. The molecule has 0 amide bonds. The minimum atomic E-state index is -3.51. The standard InChI is InChI=1S/C19H25NO6S/c21-17-3-1-2-4-18(17)26-19(22)10-7-15-5-8-16(9-6-15)27(23,24)20-11-13-25-14-12-20/h5-6,8-9,18H,1-4,7,10-14H2/t18-/m1/s1. The molecule has 8 heteroatoms. The van der Waals surface area contributed by atoms with Crippen molar-refractivity contribution in [3.63, 3.8) is 0 Å². The summed E-state index contributed by atoms with van der Waals surface area (Å²) in [6.07, 6.45) is 2.88. The SMILES string of the molecule is O=C(CCc1ccc(S(=O)(=O)N2CCOCC2)cc1)O[C@@H]1CCCCC1=O.